The van der Waals surface area contributed by atoms with Crippen LogP contribution in [0, 0.1) is 23.7 Å². The molecule has 51 heavy (non-hydrogen) atoms. The van der Waals surface area contributed by atoms with E-state index in [1.807, 2.05) is 26.8 Å². The number of allylic oxidation sites excluding steroid dienone is 3. The average Bonchev–Trinajstić information content (AvgIpc) is 3.04. The van der Waals surface area contributed by atoms with Gasteiger partial charge >= 0.3 is 5.97 Å². The molecule has 0 aromatic carbocycles. The molecule has 0 radical (unpaired) electrons. The van der Waals surface area contributed by atoms with E-state index in [1.54, 1.807) is 52.8 Å². The first-order chi connectivity index (χ1) is 23.8. The van der Waals surface area contributed by atoms with E-state index < -0.39 is 96.8 Å². The van der Waals surface area contributed by atoms with Gasteiger partial charge in [-0.3, -0.25) is 9.59 Å². The largest absolute Gasteiger partial charge is 0.462 e. The third kappa shape index (κ3) is 11.2. The highest BCUT2D eigenvalue weighted by Crippen LogP contribution is 2.37. The van der Waals surface area contributed by atoms with Crippen molar-refractivity contribution in [3.8, 4) is 0 Å². The maximum absolute atomic E-state index is 13.3. The van der Waals surface area contributed by atoms with Crippen LogP contribution in [0.2, 0.25) is 0 Å². The summed E-state index contributed by atoms with van der Waals surface area (Å²) < 4.78 is 30.8. The number of aldehydes is 1. The molecule has 3 heterocycles. The van der Waals surface area contributed by atoms with Crippen LogP contribution in [-0.2, 0) is 38.1 Å². The lowest BCUT2D eigenvalue weighted by Gasteiger charge is -2.50. The zero-order chi connectivity index (χ0) is 38.4. The molecule has 0 saturated carbocycles. The van der Waals surface area contributed by atoms with Gasteiger partial charge in [0.05, 0.1) is 42.5 Å². The topological polar surface area (TPSA) is 182 Å². The van der Waals surface area contributed by atoms with Gasteiger partial charge in [0.25, 0.3) is 0 Å². The molecule has 3 aliphatic heterocycles. The van der Waals surface area contributed by atoms with Crippen LogP contribution >= 0.6 is 0 Å². The molecule has 13 heteroatoms. The van der Waals surface area contributed by atoms with E-state index in [0.29, 0.717) is 6.42 Å². The van der Waals surface area contributed by atoms with Gasteiger partial charge in [0.15, 0.2) is 18.4 Å². The molecule has 16 atom stereocenters. The molecule has 0 amide bonds. The van der Waals surface area contributed by atoms with Gasteiger partial charge in [0.2, 0.25) is 0 Å². The van der Waals surface area contributed by atoms with Crippen molar-refractivity contribution in [2.45, 2.75) is 161 Å². The summed E-state index contributed by atoms with van der Waals surface area (Å²) in [6.07, 6.45) is -2.93. The zero-order valence-electron chi connectivity index (χ0n) is 32.0. The Morgan fingerprint density at radius 2 is 1.67 bits per heavy atom. The van der Waals surface area contributed by atoms with Crippen LogP contribution in [0.5, 0.6) is 0 Å². The van der Waals surface area contributed by atoms with Crippen molar-refractivity contribution in [2.24, 2.45) is 23.7 Å². The summed E-state index contributed by atoms with van der Waals surface area (Å²) in [5.41, 5.74) is -0.619. The maximum Gasteiger partial charge on any atom is 0.308 e. The second-order valence-electron chi connectivity index (χ2n) is 15.5. The summed E-state index contributed by atoms with van der Waals surface area (Å²) in [6, 6.07) is -0.699. The minimum atomic E-state index is -1.46. The van der Waals surface area contributed by atoms with Gasteiger partial charge in [-0.15, -0.1) is 0 Å². The van der Waals surface area contributed by atoms with Crippen molar-refractivity contribution in [1.29, 1.82) is 0 Å². The minimum Gasteiger partial charge on any atom is -0.462 e. The highest BCUT2D eigenvalue weighted by Gasteiger charge is 2.51. The summed E-state index contributed by atoms with van der Waals surface area (Å²) in [4.78, 5) is 40.3. The molecule has 13 nitrogen and oxygen atoms in total. The summed E-state index contributed by atoms with van der Waals surface area (Å²) in [7, 11) is 3.54. The van der Waals surface area contributed by atoms with Crippen LogP contribution in [0.1, 0.15) is 87.5 Å². The first kappa shape index (κ1) is 43.3. The molecule has 0 bridgehead atoms. The summed E-state index contributed by atoms with van der Waals surface area (Å²) in [5, 5.41) is 44.4. The molecule has 2 saturated heterocycles. The third-order valence-electron chi connectivity index (χ3n) is 10.8. The van der Waals surface area contributed by atoms with Crippen molar-refractivity contribution in [3.05, 3.63) is 23.8 Å². The molecule has 3 rings (SSSR count). The number of ketones is 1. The Bertz CT molecular complexity index is 1220. The number of aliphatic hydroxyl groups is 4. The van der Waals surface area contributed by atoms with E-state index in [4.69, 9.17) is 23.7 Å². The number of likely N-dealkylation sites (N-methyl/N-ethyl adjacent to an activating group) is 1. The van der Waals surface area contributed by atoms with Crippen molar-refractivity contribution in [1.82, 2.24) is 4.90 Å². The SMILES string of the molecule is CC[C@@H]1OC(=O)C[C@@H](O)[C@H](C)[C@H](O[C@H]2O[C@H](C)[C@@H](O[C@H]3C[C@](C)(O)[C@H](O)[C@@H](C)O3)[C@H](N(C)C)[C@H]2O)[C@H](CC=O)C[C@@H](C)C(=O)/C=C/C(C)=C/[C@@H]1C. The van der Waals surface area contributed by atoms with Gasteiger partial charge < -0.3 is 53.8 Å². The molecule has 2 fully saturated rings. The molecular formula is C38H63NO12. The normalized spacial score (nSPS) is 45.5. The van der Waals surface area contributed by atoms with E-state index in [1.165, 1.54) is 13.0 Å². The Kier molecular flexibility index (Phi) is 16.0. The quantitative estimate of drug-likeness (QED) is 0.212. The van der Waals surface area contributed by atoms with Crippen molar-refractivity contribution in [3.63, 3.8) is 0 Å². The third-order valence-corrected chi connectivity index (χ3v) is 10.8. The Morgan fingerprint density at radius 1 is 1.00 bits per heavy atom. The molecule has 292 valence electrons. The van der Waals surface area contributed by atoms with Crippen LogP contribution in [0.15, 0.2) is 23.8 Å². The number of hydrogen-bond donors (Lipinski definition) is 4. The van der Waals surface area contributed by atoms with Gasteiger partial charge in [0.1, 0.15) is 30.7 Å². The Labute approximate surface area is 303 Å². The molecule has 4 N–H and O–H groups in total. The van der Waals surface area contributed by atoms with Gasteiger partial charge in [-0.2, -0.15) is 0 Å². The first-order valence-corrected chi connectivity index (χ1v) is 18.4. The van der Waals surface area contributed by atoms with Crippen LogP contribution < -0.4 is 0 Å². The number of nitrogens with zero attached hydrogens (tertiary/aromatic N) is 1. The highest BCUT2D eigenvalue weighted by atomic mass is 16.7. The van der Waals surface area contributed by atoms with E-state index in [-0.39, 0.29) is 37.4 Å². The van der Waals surface area contributed by atoms with Crippen LogP contribution in [0.25, 0.3) is 0 Å². The predicted molar refractivity (Wildman–Crippen MR) is 188 cm³/mol. The van der Waals surface area contributed by atoms with E-state index in [0.717, 1.165) is 11.9 Å². The lowest BCUT2D eigenvalue weighted by molar-refractivity contribution is -0.341. The van der Waals surface area contributed by atoms with Gasteiger partial charge in [-0.25, -0.2) is 0 Å². The lowest BCUT2D eigenvalue weighted by Crippen LogP contribution is -2.65. The standard InChI is InChI=1S/C38H63NO12/c1-11-29-22(4)16-20(2)12-13-27(41)21(3)17-26(14-15-40)34(23(5)28(42)18-30(43)49-29)51-37-33(44)32(39(9)10)35(24(6)48-37)50-31-19-38(8,46)36(45)25(7)47-31/h12-13,15-16,21-26,28-29,31-37,42,44-46H,11,14,17-19H2,1-10H3/b13-12+,20-16+/t21-,22+,23+,24-,25-,26-,28-,29+,31+,32-,33-,34+,35-,36-,37-,38+/m1/s1. The molecule has 0 aromatic heterocycles. The number of aliphatic hydroxyl groups excluding tert-OH is 3. The van der Waals surface area contributed by atoms with Crippen LogP contribution in [-0.4, -0.2) is 131 Å². The molecule has 0 unspecified atom stereocenters. The second kappa shape index (κ2) is 18.8. The van der Waals surface area contributed by atoms with E-state index >= 15 is 0 Å². The first-order valence-electron chi connectivity index (χ1n) is 18.4. The number of carbonyl (C=O) groups excluding carboxylic acids is 3. The van der Waals surface area contributed by atoms with Crippen LogP contribution in [0.3, 0.4) is 0 Å². The second-order valence-corrected chi connectivity index (χ2v) is 15.5. The molecule has 0 spiro atoms. The minimum absolute atomic E-state index is 0.00788. The average molecular weight is 726 g/mol. The number of hydrogen-bond acceptors (Lipinski definition) is 13. The van der Waals surface area contributed by atoms with E-state index in [9.17, 15) is 34.8 Å². The fourth-order valence-corrected chi connectivity index (χ4v) is 7.67. The predicted octanol–water partition coefficient (Wildman–Crippen LogP) is 2.70. The summed E-state index contributed by atoms with van der Waals surface area (Å²) >= 11 is 0. The molecule has 0 aliphatic carbocycles. The fraction of sp³-hybridized carbons (Fsp3) is 0.816. The fourth-order valence-electron chi connectivity index (χ4n) is 7.67. The lowest BCUT2D eigenvalue weighted by atomic mass is 9.79. The van der Waals surface area contributed by atoms with Crippen molar-refractivity contribution in [2.75, 3.05) is 14.1 Å². The maximum atomic E-state index is 13.3. The highest BCUT2D eigenvalue weighted by molar-refractivity contribution is 5.91. The zero-order valence-corrected chi connectivity index (χ0v) is 32.0. The molecule has 3 aliphatic rings. The number of rotatable bonds is 8. The Morgan fingerprint density at radius 3 is 2.25 bits per heavy atom. The Balaban J connectivity index is 1.95. The van der Waals surface area contributed by atoms with Gasteiger partial charge in [0, 0.05) is 30.6 Å². The molecular weight excluding hydrogens is 662 g/mol. The number of carbonyl (C=O) groups is 3. The van der Waals surface area contributed by atoms with E-state index in [2.05, 4.69) is 0 Å². The van der Waals surface area contributed by atoms with Crippen LogP contribution in [0.4, 0.5) is 0 Å². The Hall–Kier alpha value is -2.07. The summed E-state index contributed by atoms with van der Waals surface area (Å²) in [5.74, 6) is -2.69. The smallest absolute Gasteiger partial charge is 0.308 e. The van der Waals surface area contributed by atoms with Crippen molar-refractivity contribution >= 4 is 18.0 Å². The van der Waals surface area contributed by atoms with Gasteiger partial charge in [-0.1, -0.05) is 45.4 Å². The summed E-state index contributed by atoms with van der Waals surface area (Å²) in [6.45, 7) is 14.1. The molecule has 0 aromatic rings. The number of cyclic esters (lactones) is 1. The number of ether oxygens (including phenoxy) is 5. The van der Waals surface area contributed by atoms with Gasteiger partial charge in [-0.05, 0) is 66.6 Å². The van der Waals surface area contributed by atoms with Crippen molar-refractivity contribution < 1.29 is 58.5 Å². The number of esters is 1. The monoisotopic (exact) mass is 725 g/mol.